The summed E-state index contributed by atoms with van der Waals surface area (Å²) in [5.41, 5.74) is 2.35. The Bertz CT molecular complexity index is 1210. The van der Waals surface area contributed by atoms with Crippen LogP contribution in [0.2, 0.25) is 0 Å². The molecule has 6 rings (SSSR count). The maximum Gasteiger partial charge on any atom is 0.255 e. The normalized spacial score (nSPS) is 30.7. The van der Waals surface area contributed by atoms with E-state index in [-0.39, 0.29) is 36.5 Å². The Kier molecular flexibility index (Phi) is 8.09. The van der Waals surface area contributed by atoms with Crippen LogP contribution in [-0.4, -0.2) is 87.7 Å². The van der Waals surface area contributed by atoms with E-state index >= 15 is 0 Å². The molecule has 5 atom stereocenters. The molecule has 2 aromatic rings. The Hall–Kier alpha value is -2.95. The van der Waals surface area contributed by atoms with Crippen molar-refractivity contribution in [3.63, 3.8) is 0 Å². The molecule has 4 heterocycles. The summed E-state index contributed by atoms with van der Waals surface area (Å²) in [6, 6.07) is 5.52. The molecule has 216 valence electrons. The van der Waals surface area contributed by atoms with Crippen molar-refractivity contribution in [3.05, 3.63) is 36.2 Å². The van der Waals surface area contributed by atoms with E-state index < -0.39 is 12.2 Å². The minimum absolute atomic E-state index is 0.0443. The summed E-state index contributed by atoms with van der Waals surface area (Å²) >= 11 is 0. The van der Waals surface area contributed by atoms with E-state index in [9.17, 15) is 14.7 Å². The monoisotopic (exact) mass is 551 g/mol. The van der Waals surface area contributed by atoms with E-state index in [0.717, 1.165) is 30.4 Å². The van der Waals surface area contributed by atoms with Gasteiger partial charge >= 0.3 is 0 Å². The number of rotatable bonds is 2. The molecule has 1 aliphatic carbocycles. The highest BCUT2D eigenvalue weighted by molar-refractivity contribution is 5.98. The SMILES string of the molecule is Cn1cc(-c2ccc3c(c2)OCC[C@@H]2CC[C@H](O)[C@@H](CNC(=O)[C@@H]4C[C@@H](CN4C4CCCCC4)NC3=O)O2)cn1. The Morgan fingerprint density at radius 1 is 1.05 bits per heavy atom. The highest BCUT2D eigenvalue weighted by Crippen LogP contribution is 2.32. The van der Waals surface area contributed by atoms with Crippen LogP contribution in [0.1, 0.15) is 68.1 Å². The van der Waals surface area contributed by atoms with Crippen molar-refractivity contribution < 1.29 is 24.2 Å². The van der Waals surface area contributed by atoms with Gasteiger partial charge in [-0.3, -0.25) is 19.2 Å². The number of aromatic nitrogens is 2. The summed E-state index contributed by atoms with van der Waals surface area (Å²) in [6.07, 6.45) is 10.8. The second kappa shape index (κ2) is 11.9. The molecule has 2 saturated heterocycles. The van der Waals surface area contributed by atoms with Crippen LogP contribution < -0.4 is 15.4 Å². The number of hydrogen-bond donors (Lipinski definition) is 3. The number of hydrogen-bond acceptors (Lipinski definition) is 7. The molecule has 0 unspecified atom stereocenters. The molecule has 4 aliphatic rings. The minimum atomic E-state index is -0.607. The molecule has 10 heteroatoms. The number of carbonyl (C=O) groups is 2. The third kappa shape index (κ3) is 5.89. The number of amides is 2. The molecule has 0 radical (unpaired) electrons. The van der Waals surface area contributed by atoms with Crippen LogP contribution in [0.5, 0.6) is 5.75 Å². The molecule has 0 spiro atoms. The number of nitrogens with zero attached hydrogens (tertiary/aromatic N) is 3. The number of fused-ring (bicyclic) bond motifs is 5. The number of benzene rings is 1. The summed E-state index contributed by atoms with van der Waals surface area (Å²) in [5, 5.41) is 21.2. The first kappa shape index (κ1) is 27.2. The Balaban J connectivity index is 1.29. The molecule has 1 saturated carbocycles. The average Bonchev–Trinajstić information content (AvgIpc) is 3.59. The first-order chi connectivity index (χ1) is 19.4. The summed E-state index contributed by atoms with van der Waals surface area (Å²) < 4.78 is 14.2. The number of nitrogens with one attached hydrogen (secondary N) is 2. The topological polar surface area (TPSA) is 118 Å². The van der Waals surface area contributed by atoms with Gasteiger partial charge in [-0.25, -0.2) is 0 Å². The molecule has 10 nitrogen and oxygen atoms in total. The maximum atomic E-state index is 13.6. The second-order valence-electron chi connectivity index (χ2n) is 11.8. The first-order valence-electron chi connectivity index (χ1n) is 14.9. The van der Waals surface area contributed by atoms with E-state index in [0.29, 0.717) is 49.8 Å². The summed E-state index contributed by atoms with van der Waals surface area (Å²) in [7, 11) is 1.87. The molecule has 1 aromatic heterocycles. The van der Waals surface area contributed by atoms with Crippen LogP contribution in [0.15, 0.2) is 30.6 Å². The molecule has 3 N–H and O–H groups in total. The molecular weight excluding hydrogens is 510 g/mol. The maximum absolute atomic E-state index is 13.6. The van der Waals surface area contributed by atoms with E-state index in [1.807, 2.05) is 31.4 Å². The lowest BCUT2D eigenvalue weighted by molar-refractivity contribution is -0.134. The zero-order valence-electron chi connectivity index (χ0n) is 23.3. The van der Waals surface area contributed by atoms with E-state index in [4.69, 9.17) is 9.47 Å². The van der Waals surface area contributed by atoms with Crippen LogP contribution in [-0.2, 0) is 16.6 Å². The minimum Gasteiger partial charge on any atom is -0.493 e. The number of likely N-dealkylation sites (tertiary alicyclic amines) is 1. The van der Waals surface area contributed by atoms with Crippen molar-refractivity contribution in [3.8, 4) is 16.9 Å². The largest absolute Gasteiger partial charge is 0.493 e. The second-order valence-corrected chi connectivity index (χ2v) is 11.8. The Labute approximate surface area is 235 Å². The van der Waals surface area contributed by atoms with Gasteiger partial charge in [-0.2, -0.15) is 5.10 Å². The number of carbonyl (C=O) groups excluding carboxylic acids is 2. The van der Waals surface area contributed by atoms with Crippen LogP contribution in [0.4, 0.5) is 0 Å². The molecule has 3 fully saturated rings. The third-order valence-corrected chi connectivity index (χ3v) is 9.04. The standard InChI is InChI=1S/C30H41N5O5/c1-34-17-20(15-32-34)19-7-9-24-27(13-19)39-12-11-23-8-10-26(36)28(40-23)16-31-30(38)25-14-21(33-29(24)37)18-35(25)22-5-3-2-4-6-22/h7,9,13,15,17,21-23,25-26,28,36H,2-6,8,10-12,14,16,18H2,1H3,(H,31,38)(H,33,37)/t21-,23-,25-,26-,28+/m0/s1. The van der Waals surface area contributed by atoms with Gasteiger partial charge in [0.25, 0.3) is 5.91 Å². The predicted octanol–water partition coefficient (Wildman–Crippen LogP) is 2.40. The van der Waals surface area contributed by atoms with Crippen molar-refractivity contribution in [2.45, 2.75) is 94.2 Å². The first-order valence-corrected chi connectivity index (χ1v) is 14.9. The van der Waals surface area contributed by atoms with Crippen LogP contribution >= 0.6 is 0 Å². The molecule has 4 bridgehead atoms. The molecule has 40 heavy (non-hydrogen) atoms. The number of aryl methyl sites for hydroxylation is 1. The van der Waals surface area contributed by atoms with Gasteiger partial charge in [0, 0.05) is 50.4 Å². The van der Waals surface area contributed by atoms with Crippen LogP contribution in [0, 0.1) is 0 Å². The van der Waals surface area contributed by atoms with Crippen molar-refractivity contribution in [1.29, 1.82) is 0 Å². The third-order valence-electron chi connectivity index (χ3n) is 9.04. The molecule has 3 aliphatic heterocycles. The number of aliphatic hydroxyl groups excluding tert-OH is 1. The summed E-state index contributed by atoms with van der Waals surface area (Å²) in [5.74, 6) is 0.290. The lowest BCUT2D eigenvalue weighted by Crippen LogP contribution is -2.52. The van der Waals surface area contributed by atoms with Crippen molar-refractivity contribution >= 4 is 11.8 Å². The predicted molar refractivity (Wildman–Crippen MR) is 149 cm³/mol. The van der Waals surface area contributed by atoms with Gasteiger partial charge in [-0.15, -0.1) is 0 Å². The van der Waals surface area contributed by atoms with Gasteiger partial charge in [0.2, 0.25) is 5.91 Å². The average molecular weight is 552 g/mol. The van der Waals surface area contributed by atoms with E-state index in [1.54, 1.807) is 10.9 Å². The van der Waals surface area contributed by atoms with Gasteiger partial charge in [0.15, 0.2) is 0 Å². The van der Waals surface area contributed by atoms with Crippen molar-refractivity contribution in [2.24, 2.45) is 7.05 Å². The Morgan fingerprint density at radius 2 is 1.90 bits per heavy atom. The molecular formula is C30H41N5O5. The van der Waals surface area contributed by atoms with Crippen molar-refractivity contribution in [2.75, 3.05) is 19.7 Å². The fourth-order valence-electron chi connectivity index (χ4n) is 6.85. The zero-order chi connectivity index (χ0) is 27.6. The zero-order valence-corrected chi connectivity index (χ0v) is 23.3. The Morgan fingerprint density at radius 3 is 2.70 bits per heavy atom. The highest BCUT2D eigenvalue weighted by Gasteiger charge is 2.42. The smallest absolute Gasteiger partial charge is 0.255 e. The van der Waals surface area contributed by atoms with Crippen molar-refractivity contribution in [1.82, 2.24) is 25.3 Å². The van der Waals surface area contributed by atoms with Gasteiger partial charge in [0.1, 0.15) is 11.9 Å². The fraction of sp³-hybridized carbons (Fsp3) is 0.633. The van der Waals surface area contributed by atoms with Crippen LogP contribution in [0.25, 0.3) is 11.1 Å². The number of ether oxygens (including phenoxy) is 2. The summed E-state index contributed by atoms with van der Waals surface area (Å²) in [6.45, 7) is 1.29. The summed E-state index contributed by atoms with van der Waals surface area (Å²) in [4.78, 5) is 29.4. The fourth-order valence-corrected chi connectivity index (χ4v) is 6.85. The lowest BCUT2D eigenvalue weighted by atomic mass is 9.93. The number of aliphatic hydroxyl groups is 1. The van der Waals surface area contributed by atoms with E-state index in [2.05, 4.69) is 20.6 Å². The van der Waals surface area contributed by atoms with Gasteiger partial charge in [-0.05, 0) is 49.8 Å². The van der Waals surface area contributed by atoms with Gasteiger partial charge in [0.05, 0.1) is 36.6 Å². The van der Waals surface area contributed by atoms with Crippen LogP contribution in [0.3, 0.4) is 0 Å². The molecule has 1 aromatic carbocycles. The quantitative estimate of drug-likeness (QED) is 0.525. The lowest BCUT2D eigenvalue weighted by Gasteiger charge is -2.36. The van der Waals surface area contributed by atoms with Gasteiger partial charge < -0.3 is 25.2 Å². The highest BCUT2D eigenvalue weighted by atomic mass is 16.5. The van der Waals surface area contributed by atoms with E-state index in [1.165, 1.54) is 19.3 Å². The molecule has 2 amide bonds. The van der Waals surface area contributed by atoms with Gasteiger partial charge in [-0.1, -0.05) is 25.3 Å².